The maximum absolute atomic E-state index is 14.6. The number of rotatable bonds is 3. The van der Waals surface area contributed by atoms with E-state index in [1.54, 1.807) is 18.2 Å². The van der Waals surface area contributed by atoms with E-state index < -0.39 is 11.5 Å². The molecule has 1 N–H and O–H groups in total. The Morgan fingerprint density at radius 2 is 1.89 bits per heavy atom. The minimum atomic E-state index is -1.07. The number of anilines is 1. The van der Waals surface area contributed by atoms with Crippen LogP contribution >= 0.6 is 11.8 Å². The molecule has 7 rings (SSSR count). The van der Waals surface area contributed by atoms with E-state index in [-0.39, 0.29) is 30.4 Å². The molecule has 3 aromatic rings. The molecule has 7 heteroatoms. The molecule has 0 radical (unpaired) electrons. The Morgan fingerprint density at radius 1 is 1.06 bits per heavy atom. The molecule has 4 atom stereocenters. The van der Waals surface area contributed by atoms with Crippen LogP contribution in [0, 0.1) is 12.8 Å². The first-order valence-corrected chi connectivity index (χ1v) is 13.0. The van der Waals surface area contributed by atoms with Crippen LogP contribution in [0.2, 0.25) is 0 Å². The molecule has 4 aliphatic heterocycles. The Hall–Kier alpha value is -3.29. The lowest BCUT2D eigenvalue weighted by Crippen LogP contribution is -2.52. The molecule has 0 aliphatic carbocycles. The van der Waals surface area contributed by atoms with Gasteiger partial charge in [-0.15, -0.1) is 11.8 Å². The second-order valence-electron chi connectivity index (χ2n) is 9.65. The number of amides is 1. The normalized spacial score (nSPS) is 28.3. The fourth-order valence-corrected chi connectivity index (χ4v) is 7.79. The first kappa shape index (κ1) is 21.0. The minimum absolute atomic E-state index is 0.0407. The number of carbonyl (C=O) groups is 2. The number of ketones is 1. The number of nitrogens with zero attached hydrogens (tertiary/aromatic N) is 1. The molecule has 3 aromatic carbocycles. The van der Waals surface area contributed by atoms with Gasteiger partial charge in [0, 0.05) is 40.4 Å². The van der Waals surface area contributed by atoms with Crippen LogP contribution in [0.1, 0.15) is 33.0 Å². The summed E-state index contributed by atoms with van der Waals surface area (Å²) in [5.74, 6) is 1.94. The number of thioether (sulfide) groups is 1. The monoisotopic (exact) mass is 484 g/mol. The number of nitrogens with one attached hydrogen (secondary N) is 1. The third-order valence-electron chi connectivity index (χ3n) is 7.90. The minimum Gasteiger partial charge on any atom is -0.454 e. The highest BCUT2D eigenvalue weighted by Gasteiger charge is 2.69. The van der Waals surface area contributed by atoms with Crippen LogP contribution in [-0.2, 0) is 10.3 Å². The van der Waals surface area contributed by atoms with Gasteiger partial charge in [0.05, 0.1) is 5.92 Å². The van der Waals surface area contributed by atoms with Crippen molar-refractivity contribution in [1.29, 1.82) is 0 Å². The van der Waals surface area contributed by atoms with Crippen LogP contribution < -0.4 is 14.8 Å². The second-order valence-corrected chi connectivity index (χ2v) is 10.7. The first-order valence-electron chi connectivity index (χ1n) is 11.8. The molecule has 6 nitrogen and oxygen atoms in total. The Bertz CT molecular complexity index is 1380. The molecule has 0 saturated carbocycles. The Balaban J connectivity index is 1.47. The van der Waals surface area contributed by atoms with Gasteiger partial charge in [0.15, 0.2) is 17.3 Å². The van der Waals surface area contributed by atoms with Gasteiger partial charge >= 0.3 is 0 Å². The van der Waals surface area contributed by atoms with Gasteiger partial charge in [0.1, 0.15) is 5.54 Å². The summed E-state index contributed by atoms with van der Waals surface area (Å²) in [6, 6.07) is 21.7. The van der Waals surface area contributed by atoms with E-state index >= 15 is 0 Å². The van der Waals surface area contributed by atoms with Crippen LogP contribution in [0.25, 0.3) is 0 Å². The van der Waals surface area contributed by atoms with E-state index in [0.29, 0.717) is 22.9 Å². The molecule has 4 heterocycles. The molecular formula is C28H24N2O4S. The topological polar surface area (TPSA) is 67.9 Å². The van der Waals surface area contributed by atoms with Gasteiger partial charge < -0.3 is 14.8 Å². The predicted octanol–water partition coefficient (Wildman–Crippen LogP) is 4.54. The van der Waals surface area contributed by atoms with Crippen molar-refractivity contribution in [3.05, 3.63) is 89.0 Å². The largest absolute Gasteiger partial charge is 0.454 e. The van der Waals surface area contributed by atoms with Gasteiger partial charge in [0.2, 0.25) is 12.7 Å². The van der Waals surface area contributed by atoms with Crippen molar-refractivity contribution in [2.45, 2.75) is 24.4 Å². The molecular weight excluding hydrogens is 460 g/mol. The van der Waals surface area contributed by atoms with E-state index in [1.807, 2.05) is 49.0 Å². The number of aryl methyl sites for hydroxylation is 1. The van der Waals surface area contributed by atoms with Crippen LogP contribution in [0.5, 0.6) is 11.5 Å². The van der Waals surface area contributed by atoms with Crippen molar-refractivity contribution in [1.82, 2.24) is 4.90 Å². The Morgan fingerprint density at radius 3 is 2.74 bits per heavy atom. The quantitative estimate of drug-likeness (QED) is 0.551. The smallest absolute Gasteiger partial charge is 0.250 e. The van der Waals surface area contributed by atoms with Crippen molar-refractivity contribution < 1.29 is 19.1 Å². The van der Waals surface area contributed by atoms with Gasteiger partial charge in [0.25, 0.3) is 0 Å². The van der Waals surface area contributed by atoms with Crippen LogP contribution in [0.15, 0.2) is 66.7 Å². The van der Waals surface area contributed by atoms with E-state index in [4.69, 9.17) is 9.47 Å². The van der Waals surface area contributed by atoms with Crippen molar-refractivity contribution in [3.63, 3.8) is 0 Å². The number of fused-ring (bicyclic) bond motifs is 5. The fourth-order valence-electron chi connectivity index (χ4n) is 6.47. The van der Waals surface area contributed by atoms with Crippen molar-refractivity contribution in [2.75, 3.05) is 23.7 Å². The summed E-state index contributed by atoms with van der Waals surface area (Å²) in [5.41, 5.74) is 3.35. The summed E-state index contributed by atoms with van der Waals surface area (Å²) in [6.45, 7) is 2.18. The van der Waals surface area contributed by atoms with Gasteiger partial charge in [-0.05, 0) is 36.8 Å². The highest BCUT2D eigenvalue weighted by atomic mass is 32.2. The highest BCUT2D eigenvalue weighted by Crippen LogP contribution is 2.61. The molecule has 2 fully saturated rings. The average Bonchev–Trinajstić information content (AvgIpc) is 3.63. The molecule has 4 aliphatic rings. The fraction of sp³-hybridized carbons (Fsp3) is 0.286. The standard InChI is InChI=1S/C28H24N2O4S/c1-16-7-9-20-19(11-16)28(27(32)29-20)25(26(31)18-8-10-22-23(12-18)34-15-33-22)24(17-5-3-2-4-6-17)21-13-35-14-30(21)28/h2-12,21,24-25H,13-15H2,1H3,(H,29,32)/t21-,24-,25+,28+/m0/s1. The van der Waals surface area contributed by atoms with Crippen LogP contribution in [0.4, 0.5) is 5.69 Å². The second kappa shape index (κ2) is 7.60. The zero-order valence-corrected chi connectivity index (χ0v) is 20.0. The lowest BCUT2D eigenvalue weighted by atomic mass is 9.69. The van der Waals surface area contributed by atoms with E-state index in [1.165, 1.54) is 0 Å². The van der Waals surface area contributed by atoms with Crippen molar-refractivity contribution in [3.8, 4) is 11.5 Å². The van der Waals surface area contributed by atoms with Crippen molar-refractivity contribution >= 4 is 29.1 Å². The van der Waals surface area contributed by atoms with E-state index in [9.17, 15) is 9.59 Å². The maximum Gasteiger partial charge on any atom is 0.250 e. The highest BCUT2D eigenvalue weighted by molar-refractivity contribution is 7.99. The molecule has 0 aromatic heterocycles. The third kappa shape index (κ3) is 2.82. The summed E-state index contributed by atoms with van der Waals surface area (Å²) >= 11 is 1.83. The molecule has 35 heavy (non-hydrogen) atoms. The lowest BCUT2D eigenvalue weighted by molar-refractivity contribution is -0.127. The number of Topliss-reactive ketones (excluding diaryl/α,β-unsaturated/α-hetero) is 1. The third-order valence-corrected chi connectivity index (χ3v) is 8.94. The Kier molecular flexibility index (Phi) is 4.57. The lowest BCUT2D eigenvalue weighted by Gasteiger charge is -2.36. The molecule has 1 amide bonds. The zero-order valence-electron chi connectivity index (χ0n) is 19.2. The summed E-state index contributed by atoms with van der Waals surface area (Å²) in [5, 5.41) is 3.13. The molecule has 0 bridgehead atoms. The van der Waals surface area contributed by atoms with Gasteiger partial charge in [-0.25, -0.2) is 0 Å². The number of hydrogen-bond donors (Lipinski definition) is 1. The summed E-state index contributed by atoms with van der Waals surface area (Å²) < 4.78 is 11.1. The molecule has 0 unspecified atom stereocenters. The summed E-state index contributed by atoms with van der Waals surface area (Å²) in [7, 11) is 0. The summed E-state index contributed by atoms with van der Waals surface area (Å²) in [4.78, 5) is 30.9. The van der Waals surface area contributed by atoms with Crippen LogP contribution in [-0.4, -0.2) is 41.1 Å². The SMILES string of the molecule is Cc1ccc2c(c1)[C@]1(C(=O)N2)[C@@H](C(=O)c2ccc3c(c2)OCO3)[C@@H](c2ccccc2)[C@@H]2CSCN21. The van der Waals surface area contributed by atoms with Crippen LogP contribution in [0.3, 0.4) is 0 Å². The molecule has 176 valence electrons. The van der Waals surface area contributed by atoms with Gasteiger partial charge in [-0.3, -0.25) is 14.5 Å². The number of hydrogen-bond acceptors (Lipinski definition) is 6. The van der Waals surface area contributed by atoms with E-state index in [2.05, 4.69) is 28.4 Å². The predicted molar refractivity (Wildman–Crippen MR) is 134 cm³/mol. The number of carbonyl (C=O) groups excluding carboxylic acids is 2. The zero-order chi connectivity index (χ0) is 23.7. The first-order chi connectivity index (χ1) is 17.1. The Labute approximate surface area is 207 Å². The van der Waals surface area contributed by atoms with Gasteiger partial charge in [-0.1, -0.05) is 48.0 Å². The average molecular weight is 485 g/mol. The van der Waals surface area contributed by atoms with E-state index in [0.717, 1.165) is 28.1 Å². The number of benzene rings is 3. The number of ether oxygens (including phenoxy) is 2. The maximum atomic E-state index is 14.6. The molecule has 2 saturated heterocycles. The molecule has 1 spiro atoms. The van der Waals surface area contributed by atoms with Crippen molar-refractivity contribution in [2.24, 2.45) is 5.92 Å². The van der Waals surface area contributed by atoms with Gasteiger partial charge in [-0.2, -0.15) is 0 Å². The summed E-state index contributed by atoms with van der Waals surface area (Å²) in [6.07, 6.45) is 0.